The molecule has 3 nitrogen and oxygen atoms in total. The average molecular weight is 155 g/mol. The van der Waals surface area contributed by atoms with Gasteiger partial charge in [0, 0.05) is 6.54 Å². The minimum Gasteiger partial charge on any atom is -0.462 e. The molecule has 2 saturated heterocycles. The number of morpholine rings is 1. The van der Waals surface area contributed by atoms with Crippen molar-refractivity contribution in [3.8, 4) is 0 Å². The summed E-state index contributed by atoms with van der Waals surface area (Å²) < 4.78 is 5.07. The van der Waals surface area contributed by atoms with Crippen LogP contribution < -0.4 is 0 Å². The molecule has 2 atom stereocenters. The quantitative estimate of drug-likeness (QED) is 0.374. The van der Waals surface area contributed by atoms with Crippen LogP contribution in [-0.2, 0) is 9.53 Å². The fourth-order valence-electron chi connectivity index (χ4n) is 1.80. The molecule has 2 heterocycles. The molecule has 0 amide bonds. The van der Waals surface area contributed by atoms with Gasteiger partial charge in [-0.25, -0.2) is 4.79 Å². The fraction of sp³-hybridized carbons (Fsp3) is 0.875. The molecule has 0 aliphatic carbocycles. The highest BCUT2D eigenvalue weighted by molar-refractivity contribution is 5.85. The van der Waals surface area contributed by atoms with Crippen LogP contribution >= 0.6 is 0 Å². The Bertz CT molecular complexity index is 224. The molecule has 2 rings (SSSR count). The lowest BCUT2D eigenvalue weighted by Gasteiger charge is -2.33. The van der Waals surface area contributed by atoms with Crippen molar-refractivity contribution in [1.29, 1.82) is 0 Å². The summed E-state index contributed by atoms with van der Waals surface area (Å²) in [5, 5.41) is 0. The summed E-state index contributed by atoms with van der Waals surface area (Å²) in [6.07, 6.45) is 0. The third-order valence-corrected chi connectivity index (χ3v) is 2.69. The second-order valence-corrected chi connectivity index (χ2v) is 4.25. The predicted octanol–water partition coefficient (Wildman–Crippen LogP) is 0.396. The van der Waals surface area contributed by atoms with Crippen molar-refractivity contribution < 1.29 is 9.53 Å². The Kier molecular flexibility index (Phi) is 1.04. The summed E-state index contributed by atoms with van der Waals surface area (Å²) >= 11 is 0. The summed E-state index contributed by atoms with van der Waals surface area (Å²) in [5.41, 5.74) is -0.246. The molecular formula is C8H13NO2. The van der Waals surface area contributed by atoms with Gasteiger partial charge in [0.2, 0.25) is 0 Å². The van der Waals surface area contributed by atoms with Crippen molar-refractivity contribution in [3.05, 3.63) is 0 Å². The van der Waals surface area contributed by atoms with Crippen molar-refractivity contribution in [2.24, 2.45) is 0 Å². The Morgan fingerprint density at radius 2 is 2.09 bits per heavy atom. The molecule has 0 aromatic heterocycles. The minimum atomic E-state index is -0.290. The molecule has 11 heavy (non-hydrogen) atoms. The molecule has 0 spiro atoms. The standard InChI is InChI=1S/C8H13NO2/c1-7(2)5-11-6(10)8(3)4-9(7)8/h4-5H2,1-3H3/t8-,9?/m0/s1. The van der Waals surface area contributed by atoms with Gasteiger partial charge in [-0.15, -0.1) is 0 Å². The number of fused-ring (bicyclic) bond motifs is 1. The highest BCUT2D eigenvalue weighted by Gasteiger charge is 2.64. The van der Waals surface area contributed by atoms with Crippen LogP contribution in [0.1, 0.15) is 20.8 Å². The van der Waals surface area contributed by atoms with E-state index < -0.39 is 0 Å². The van der Waals surface area contributed by atoms with E-state index >= 15 is 0 Å². The van der Waals surface area contributed by atoms with Gasteiger partial charge in [-0.3, -0.25) is 4.90 Å². The first kappa shape index (κ1) is 7.10. The van der Waals surface area contributed by atoms with Crippen molar-refractivity contribution >= 4 is 5.97 Å². The maximum atomic E-state index is 11.2. The van der Waals surface area contributed by atoms with Crippen LogP contribution in [0.4, 0.5) is 0 Å². The van der Waals surface area contributed by atoms with Crippen LogP contribution in [0.2, 0.25) is 0 Å². The van der Waals surface area contributed by atoms with E-state index in [1.807, 2.05) is 6.92 Å². The van der Waals surface area contributed by atoms with Crippen LogP contribution in [0.25, 0.3) is 0 Å². The number of cyclic esters (lactones) is 1. The Morgan fingerprint density at radius 3 is 2.64 bits per heavy atom. The highest BCUT2D eigenvalue weighted by atomic mass is 16.5. The third-order valence-electron chi connectivity index (χ3n) is 2.69. The predicted molar refractivity (Wildman–Crippen MR) is 40.1 cm³/mol. The molecule has 0 N–H and O–H groups in total. The molecule has 2 aliphatic rings. The van der Waals surface area contributed by atoms with Gasteiger partial charge in [-0.1, -0.05) is 0 Å². The van der Waals surface area contributed by atoms with Crippen LogP contribution in [0.15, 0.2) is 0 Å². The van der Waals surface area contributed by atoms with Gasteiger partial charge in [0.15, 0.2) is 0 Å². The molecule has 3 heteroatoms. The minimum absolute atomic E-state index is 0.0443. The molecule has 0 radical (unpaired) electrons. The SMILES string of the molecule is CC1(C)COC(=O)[C@]2(C)CN12. The fourth-order valence-corrected chi connectivity index (χ4v) is 1.80. The average Bonchev–Trinajstić information content (AvgIpc) is 2.58. The van der Waals surface area contributed by atoms with Gasteiger partial charge in [-0.2, -0.15) is 0 Å². The summed E-state index contributed by atoms with van der Waals surface area (Å²) in [4.78, 5) is 13.4. The maximum absolute atomic E-state index is 11.2. The Morgan fingerprint density at radius 1 is 1.45 bits per heavy atom. The van der Waals surface area contributed by atoms with Gasteiger partial charge in [-0.05, 0) is 20.8 Å². The summed E-state index contributed by atoms with van der Waals surface area (Å²) in [6.45, 7) is 7.53. The first-order valence-electron chi connectivity index (χ1n) is 3.92. The number of carbonyl (C=O) groups is 1. The van der Waals surface area contributed by atoms with E-state index in [1.165, 1.54) is 0 Å². The van der Waals surface area contributed by atoms with Gasteiger partial charge in [0.25, 0.3) is 0 Å². The van der Waals surface area contributed by atoms with Gasteiger partial charge in [0.1, 0.15) is 12.1 Å². The Hall–Kier alpha value is -0.570. The smallest absolute Gasteiger partial charge is 0.327 e. The van der Waals surface area contributed by atoms with Gasteiger partial charge >= 0.3 is 5.97 Å². The molecule has 62 valence electrons. The molecular weight excluding hydrogens is 142 g/mol. The highest BCUT2D eigenvalue weighted by Crippen LogP contribution is 2.43. The number of hydrogen-bond acceptors (Lipinski definition) is 3. The lowest BCUT2D eigenvalue weighted by atomic mass is 10.0. The topological polar surface area (TPSA) is 29.3 Å². The summed E-state index contributed by atoms with van der Waals surface area (Å²) in [5.74, 6) is -0.0585. The van der Waals surface area contributed by atoms with E-state index in [4.69, 9.17) is 4.74 Å². The van der Waals surface area contributed by atoms with Crippen LogP contribution in [-0.4, -0.2) is 35.1 Å². The second-order valence-electron chi connectivity index (χ2n) is 4.25. The third kappa shape index (κ3) is 0.745. The monoisotopic (exact) mass is 155 g/mol. The number of ether oxygens (including phenoxy) is 1. The van der Waals surface area contributed by atoms with Crippen molar-refractivity contribution in [3.63, 3.8) is 0 Å². The zero-order chi connectivity index (χ0) is 8.28. The van der Waals surface area contributed by atoms with Crippen LogP contribution in [0, 0.1) is 0 Å². The number of esters is 1. The number of carbonyl (C=O) groups excluding carboxylic acids is 1. The maximum Gasteiger partial charge on any atom is 0.327 e. The number of hydrogen-bond donors (Lipinski definition) is 0. The van der Waals surface area contributed by atoms with E-state index in [0.717, 1.165) is 6.54 Å². The second kappa shape index (κ2) is 1.61. The van der Waals surface area contributed by atoms with Crippen LogP contribution in [0.5, 0.6) is 0 Å². The molecule has 0 bridgehead atoms. The lowest BCUT2D eigenvalue weighted by molar-refractivity contribution is -0.157. The molecule has 0 saturated carbocycles. The zero-order valence-electron chi connectivity index (χ0n) is 7.18. The van der Waals surface area contributed by atoms with Crippen molar-refractivity contribution in [2.45, 2.75) is 31.8 Å². The molecule has 0 aromatic carbocycles. The first-order chi connectivity index (χ1) is 4.97. The Labute approximate surface area is 66.3 Å². The zero-order valence-corrected chi connectivity index (χ0v) is 7.18. The van der Waals surface area contributed by atoms with Crippen molar-refractivity contribution in [1.82, 2.24) is 4.90 Å². The van der Waals surface area contributed by atoms with E-state index in [-0.39, 0.29) is 17.0 Å². The molecule has 2 fully saturated rings. The summed E-state index contributed by atoms with van der Waals surface area (Å²) in [7, 11) is 0. The van der Waals surface area contributed by atoms with Gasteiger partial charge in [0.05, 0.1) is 5.54 Å². The number of nitrogens with zero attached hydrogens (tertiary/aromatic N) is 1. The van der Waals surface area contributed by atoms with Gasteiger partial charge < -0.3 is 4.74 Å². The molecule has 0 aromatic rings. The normalized spacial score (nSPS) is 46.1. The molecule has 2 aliphatic heterocycles. The first-order valence-corrected chi connectivity index (χ1v) is 3.92. The van der Waals surface area contributed by atoms with E-state index in [2.05, 4.69) is 18.7 Å². The van der Waals surface area contributed by atoms with E-state index in [1.54, 1.807) is 0 Å². The summed E-state index contributed by atoms with van der Waals surface area (Å²) in [6, 6.07) is 0. The Balaban J connectivity index is 2.26. The van der Waals surface area contributed by atoms with E-state index in [0.29, 0.717) is 6.61 Å². The van der Waals surface area contributed by atoms with E-state index in [9.17, 15) is 4.79 Å². The van der Waals surface area contributed by atoms with Crippen molar-refractivity contribution in [2.75, 3.05) is 13.2 Å². The lowest BCUT2D eigenvalue weighted by Crippen LogP contribution is -2.48. The number of rotatable bonds is 0. The largest absolute Gasteiger partial charge is 0.462 e. The molecule has 1 unspecified atom stereocenters. The van der Waals surface area contributed by atoms with Crippen LogP contribution in [0.3, 0.4) is 0 Å².